The Bertz CT molecular complexity index is 690. The molecule has 102 valence electrons. The third-order valence-corrected chi connectivity index (χ3v) is 3.88. The van der Waals surface area contributed by atoms with Gasteiger partial charge in [0.2, 0.25) is 0 Å². The van der Waals surface area contributed by atoms with Gasteiger partial charge in [0.25, 0.3) is 5.69 Å². The van der Waals surface area contributed by atoms with E-state index in [2.05, 4.69) is 4.98 Å². The lowest BCUT2D eigenvalue weighted by Gasteiger charge is -2.18. The monoisotopic (exact) mass is 288 g/mol. The van der Waals surface area contributed by atoms with Gasteiger partial charge in [0.05, 0.1) is 22.7 Å². The summed E-state index contributed by atoms with van der Waals surface area (Å²) in [5.74, 6) is 0. The quantitative estimate of drug-likeness (QED) is 0.638. The highest BCUT2D eigenvalue weighted by atomic mass is 32.1. The molecule has 7 heteroatoms. The van der Waals surface area contributed by atoms with E-state index >= 15 is 0 Å². The Labute approximate surface area is 120 Å². The molecule has 6 nitrogen and oxygen atoms in total. The number of aryl methyl sites for hydroxylation is 1. The smallest absolute Gasteiger partial charge is 0.287 e. The lowest BCUT2D eigenvalue weighted by atomic mass is 10.1. The van der Waals surface area contributed by atoms with Gasteiger partial charge in [0.15, 0.2) is 0 Å². The Morgan fingerprint density at radius 1 is 1.55 bits per heavy atom. The van der Waals surface area contributed by atoms with Crippen LogP contribution in [0.15, 0.2) is 23.7 Å². The Morgan fingerprint density at radius 3 is 2.85 bits per heavy atom. The van der Waals surface area contributed by atoms with E-state index in [1.165, 1.54) is 12.1 Å². The molecule has 1 heterocycles. The number of aromatic nitrogens is 1. The molecule has 1 aromatic carbocycles. The summed E-state index contributed by atoms with van der Waals surface area (Å²) in [7, 11) is 1.88. The van der Waals surface area contributed by atoms with Crippen molar-refractivity contribution in [2.75, 3.05) is 11.9 Å². The van der Waals surface area contributed by atoms with E-state index in [0.29, 0.717) is 6.54 Å². The van der Waals surface area contributed by atoms with Crippen LogP contribution >= 0.6 is 11.3 Å². The lowest BCUT2D eigenvalue weighted by molar-refractivity contribution is -0.385. The number of nitriles is 1. The summed E-state index contributed by atoms with van der Waals surface area (Å²) in [5, 5.41) is 19.8. The molecule has 0 aliphatic heterocycles. The molecule has 0 bridgehead atoms. The van der Waals surface area contributed by atoms with E-state index in [1.54, 1.807) is 22.9 Å². The standard InChI is InChI=1S/C13H12N4O2S/c1-9-13(20-8-15-9)7-16(2)11-3-4-12(17(18)19)10(5-11)6-14/h3-5,8H,7H2,1-2H3. The number of nitro benzene ring substituents is 1. The van der Waals surface area contributed by atoms with Crippen LogP contribution in [0.2, 0.25) is 0 Å². The fourth-order valence-corrected chi connectivity index (χ4v) is 2.62. The van der Waals surface area contributed by atoms with Crippen LogP contribution in [0.1, 0.15) is 16.1 Å². The minimum Gasteiger partial charge on any atom is -0.369 e. The molecule has 0 unspecified atom stereocenters. The van der Waals surface area contributed by atoms with Crippen molar-refractivity contribution in [3.63, 3.8) is 0 Å². The maximum absolute atomic E-state index is 10.8. The molecule has 0 saturated carbocycles. The number of rotatable bonds is 4. The van der Waals surface area contributed by atoms with Gasteiger partial charge in [-0.1, -0.05) is 0 Å². The zero-order valence-corrected chi connectivity index (χ0v) is 11.8. The third-order valence-electron chi connectivity index (χ3n) is 2.96. The van der Waals surface area contributed by atoms with Crippen molar-refractivity contribution in [3.05, 3.63) is 50.0 Å². The van der Waals surface area contributed by atoms with Gasteiger partial charge in [-0.25, -0.2) is 4.98 Å². The number of nitrogens with zero attached hydrogens (tertiary/aromatic N) is 4. The van der Waals surface area contributed by atoms with E-state index in [0.717, 1.165) is 16.3 Å². The van der Waals surface area contributed by atoms with Crippen LogP contribution in [-0.4, -0.2) is 17.0 Å². The summed E-state index contributed by atoms with van der Waals surface area (Å²) in [6, 6.07) is 6.41. The zero-order valence-electron chi connectivity index (χ0n) is 11.0. The van der Waals surface area contributed by atoms with Crippen molar-refractivity contribution in [2.45, 2.75) is 13.5 Å². The molecule has 0 aliphatic carbocycles. The van der Waals surface area contributed by atoms with Gasteiger partial charge in [-0.2, -0.15) is 5.26 Å². The van der Waals surface area contributed by atoms with E-state index < -0.39 is 4.92 Å². The largest absolute Gasteiger partial charge is 0.369 e. The fraction of sp³-hybridized carbons (Fsp3) is 0.231. The van der Waals surface area contributed by atoms with Crippen LogP contribution in [-0.2, 0) is 6.54 Å². The highest BCUT2D eigenvalue weighted by molar-refractivity contribution is 7.09. The van der Waals surface area contributed by atoms with Crippen LogP contribution in [0.25, 0.3) is 0 Å². The summed E-state index contributed by atoms with van der Waals surface area (Å²) in [6.45, 7) is 2.59. The van der Waals surface area contributed by atoms with Crippen LogP contribution in [0, 0.1) is 28.4 Å². The molecular weight excluding hydrogens is 276 g/mol. The maximum atomic E-state index is 10.8. The molecule has 0 N–H and O–H groups in total. The number of hydrogen-bond acceptors (Lipinski definition) is 6. The first-order valence-electron chi connectivity index (χ1n) is 5.81. The fourth-order valence-electron chi connectivity index (χ4n) is 1.79. The van der Waals surface area contributed by atoms with Crippen LogP contribution in [0.5, 0.6) is 0 Å². The van der Waals surface area contributed by atoms with Gasteiger partial charge in [0.1, 0.15) is 11.6 Å². The molecule has 0 saturated heterocycles. The second kappa shape index (κ2) is 5.67. The van der Waals surface area contributed by atoms with Crippen molar-refractivity contribution in [2.24, 2.45) is 0 Å². The van der Waals surface area contributed by atoms with Crippen molar-refractivity contribution < 1.29 is 4.92 Å². The first kappa shape index (κ1) is 14.0. The number of hydrogen-bond donors (Lipinski definition) is 0. The molecule has 0 spiro atoms. The predicted molar refractivity (Wildman–Crippen MR) is 76.8 cm³/mol. The molecule has 1 aromatic heterocycles. The number of anilines is 1. The number of nitro groups is 1. The average Bonchev–Trinajstić information content (AvgIpc) is 2.83. The second-order valence-corrected chi connectivity index (χ2v) is 5.23. The average molecular weight is 288 g/mol. The topological polar surface area (TPSA) is 83.1 Å². The van der Waals surface area contributed by atoms with Crippen LogP contribution in [0.4, 0.5) is 11.4 Å². The Hall–Kier alpha value is -2.46. The summed E-state index contributed by atoms with van der Waals surface area (Å²) in [4.78, 5) is 17.5. The van der Waals surface area contributed by atoms with Gasteiger partial charge in [0, 0.05) is 23.7 Å². The number of thiazole rings is 1. The minimum atomic E-state index is -0.546. The van der Waals surface area contributed by atoms with Gasteiger partial charge in [-0.15, -0.1) is 11.3 Å². The Balaban J connectivity index is 2.27. The SMILES string of the molecule is Cc1ncsc1CN(C)c1ccc([N+](=O)[O-])c(C#N)c1. The highest BCUT2D eigenvalue weighted by Crippen LogP contribution is 2.25. The van der Waals surface area contributed by atoms with Gasteiger partial charge in [-0.3, -0.25) is 10.1 Å². The summed E-state index contributed by atoms with van der Waals surface area (Å²) in [5.41, 5.74) is 3.43. The van der Waals surface area contributed by atoms with Gasteiger partial charge in [-0.05, 0) is 19.1 Å². The summed E-state index contributed by atoms with van der Waals surface area (Å²) in [6.07, 6.45) is 0. The Morgan fingerprint density at radius 2 is 2.30 bits per heavy atom. The van der Waals surface area contributed by atoms with Gasteiger partial charge >= 0.3 is 0 Å². The van der Waals surface area contributed by atoms with Crippen molar-refractivity contribution in [1.82, 2.24) is 4.98 Å². The van der Waals surface area contributed by atoms with E-state index in [1.807, 2.05) is 24.9 Å². The molecule has 2 rings (SSSR count). The molecule has 0 amide bonds. The highest BCUT2D eigenvalue weighted by Gasteiger charge is 2.15. The molecule has 20 heavy (non-hydrogen) atoms. The second-order valence-electron chi connectivity index (χ2n) is 4.29. The molecular formula is C13H12N4O2S. The summed E-state index contributed by atoms with van der Waals surface area (Å²) >= 11 is 1.56. The molecule has 0 radical (unpaired) electrons. The first-order valence-corrected chi connectivity index (χ1v) is 6.69. The van der Waals surface area contributed by atoms with E-state index in [-0.39, 0.29) is 11.3 Å². The van der Waals surface area contributed by atoms with E-state index in [4.69, 9.17) is 5.26 Å². The van der Waals surface area contributed by atoms with Crippen molar-refractivity contribution in [1.29, 1.82) is 5.26 Å². The molecule has 0 atom stereocenters. The van der Waals surface area contributed by atoms with E-state index in [9.17, 15) is 10.1 Å². The first-order chi connectivity index (χ1) is 9.52. The molecule has 2 aromatic rings. The van der Waals surface area contributed by atoms with Crippen LogP contribution in [0.3, 0.4) is 0 Å². The normalized spacial score (nSPS) is 10.1. The molecule has 0 fully saturated rings. The van der Waals surface area contributed by atoms with Crippen molar-refractivity contribution >= 4 is 22.7 Å². The number of benzene rings is 1. The Kier molecular flexibility index (Phi) is 3.96. The zero-order chi connectivity index (χ0) is 14.7. The van der Waals surface area contributed by atoms with Crippen molar-refractivity contribution in [3.8, 4) is 6.07 Å². The van der Waals surface area contributed by atoms with Crippen LogP contribution < -0.4 is 4.90 Å². The molecule has 0 aliphatic rings. The third kappa shape index (κ3) is 2.75. The van der Waals surface area contributed by atoms with Gasteiger partial charge < -0.3 is 4.90 Å². The lowest BCUT2D eigenvalue weighted by Crippen LogP contribution is -2.16. The maximum Gasteiger partial charge on any atom is 0.287 e. The minimum absolute atomic E-state index is 0.0698. The predicted octanol–water partition coefficient (Wildman–Crippen LogP) is 2.87. The summed E-state index contributed by atoms with van der Waals surface area (Å²) < 4.78 is 0.